The van der Waals surface area contributed by atoms with Crippen LogP contribution >= 0.6 is 23.4 Å². The predicted molar refractivity (Wildman–Crippen MR) is 125 cm³/mol. The molecular weight excluding hydrogens is 418 g/mol. The van der Waals surface area contributed by atoms with E-state index >= 15 is 0 Å². The maximum absolute atomic E-state index is 12.3. The Morgan fingerprint density at radius 3 is 2.43 bits per heavy atom. The zero-order valence-corrected chi connectivity index (χ0v) is 19.6. The molecule has 1 unspecified atom stereocenters. The minimum atomic E-state index is -0.0367. The second-order valence-electron chi connectivity index (χ2n) is 8.11. The molecule has 1 amide bonds. The summed E-state index contributed by atoms with van der Waals surface area (Å²) in [7, 11) is 2.13. The highest BCUT2D eigenvalue weighted by Crippen LogP contribution is 2.25. The van der Waals surface area contributed by atoms with Gasteiger partial charge in [-0.05, 0) is 37.6 Å². The summed E-state index contributed by atoms with van der Waals surface area (Å²) in [5.41, 5.74) is 1.78. The molecule has 2 aromatic rings. The molecule has 0 radical (unpaired) electrons. The lowest BCUT2D eigenvalue weighted by atomic mass is 10.1. The van der Waals surface area contributed by atoms with Crippen molar-refractivity contribution in [2.45, 2.75) is 37.7 Å². The van der Waals surface area contributed by atoms with Crippen LogP contribution in [-0.4, -0.2) is 60.0 Å². The molecule has 3 rings (SSSR count). The molecule has 1 aromatic carbocycles. The van der Waals surface area contributed by atoms with Crippen molar-refractivity contribution >= 4 is 35.1 Å². The Balaban J connectivity index is 1.59. The molecule has 1 aliphatic heterocycles. The molecule has 30 heavy (non-hydrogen) atoms. The number of rotatable bonds is 7. The van der Waals surface area contributed by atoms with Crippen LogP contribution in [0.15, 0.2) is 35.5 Å². The molecule has 1 aliphatic rings. The van der Waals surface area contributed by atoms with Crippen molar-refractivity contribution in [3.8, 4) is 0 Å². The average molecular weight is 448 g/mol. The number of aromatic nitrogens is 2. The Morgan fingerprint density at radius 1 is 1.13 bits per heavy atom. The van der Waals surface area contributed by atoms with E-state index in [1.165, 1.54) is 0 Å². The van der Waals surface area contributed by atoms with Crippen LogP contribution < -0.4 is 10.2 Å². The maximum Gasteiger partial charge on any atom is 0.251 e. The van der Waals surface area contributed by atoms with Crippen LogP contribution in [-0.2, 0) is 5.75 Å². The van der Waals surface area contributed by atoms with E-state index in [1.54, 1.807) is 11.8 Å². The summed E-state index contributed by atoms with van der Waals surface area (Å²) in [6.45, 7) is 10.1. The van der Waals surface area contributed by atoms with Gasteiger partial charge in [0.15, 0.2) is 5.16 Å². The normalized spacial score (nSPS) is 16.0. The summed E-state index contributed by atoms with van der Waals surface area (Å²) in [4.78, 5) is 26.0. The minimum absolute atomic E-state index is 0.0367. The van der Waals surface area contributed by atoms with Gasteiger partial charge in [-0.2, -0.15) is 0 Å². The van der Waals surface area contributed by atoms with Gasteiger partial charge in [0.25, 0.3) is 5.91 Å². The van der Waals surface area contributed by atoms with Crippen molar-refractivity contribution in [1.82, 2.24) is 20.2 Å². The summed E-state index contributed by atoms with van der Waals surface area (Å²) in [5.74, 6) is 1.97. The van der Waals surface area contributed by atoms with Crippen LogP contribution in [0.1, 0.15) is 36.7 Å². The van der Waals surface area contributed by atoms with Gasteiger partial charge >= 0.3 is 0 Å². The molecule has 0 aliphatic carbocycles. The van der Waals surface area contributed by atoms with E-state index < -0.39 is 0 Å². The van der Waals surface area contributed by atoms with Crippen molar-refractivity contribution in [2.24, 2.45) is 5.92 Å². The molecule has 0 bridgehead atoms. The van der Waals surface area contributed by atoms with Gasteiger partial charge < -0.3 is 15.1 Å². The number of hydrogen-bond donors (Lipinski definition) is 1. The molecule has 0 saturated carbocycles. The number of carbonyl (C=O) groups is 1. The lowest BCUT2D eigenvalue weighted by Crippen LogP contribution is -2.44. The van der Waals surface area contributed by atoms with Crippen LogP contribution in [0.4, 0.5) is 5.82 Å². The molecule has 162 valence electrons. The summed E-state index contributed by atoms with van der Waals surface area (Å²) >= 11 is 7.80. The number of likely N-dealkylation sites (N-methyl/N-ethyl adjacent to an activating group) is 1. The third kappa shape index (κ3) is 6.33. The van der Waals surface area contributed by atoms with Gasteiger partial charge in [0.1, 0.15) is 11.0 Å². The minimum Gasteiger partial charge on any atom is -0.354 e. The summed E-state index contributed by atoms with van der Waals surface area (Å²) < 4.78 is 0. The highest BCUT2D eigenvalue weighted by molar-refractivity contribution is 7.98. The zero-order valence-electron chi connectivity index (χ0n) is 18.1. The van der Waals surface area contributed by atoms with Crippen molar-refractivity contribution in [3.63, 3.8) is 0 Å². The van der Waals surface area contributed by atoms with Gasteiger partial charge in [-0.3, -0.25) is 4.79 Å². The van der Waals surface area contributed by atoms with Gasteiger partial charge in [-0.15, -0.1) is 0 Å². The number of thioether (sulfide) groups is 1. The first-order chi connectivity index (χ1) is 14.3. The van der Waals surface area contributed by atoms with E-state index in [0.29, 0.717) is 27.5 Å². The molecule has 2 heterocycles. The summed E-state index contributed by atoms with van der Waals surface area (Å²) in [6.07, 6.45) is 0. The number of halogens is 1. The quantitative estimate of drug-likeness (QED) is 0.394. The Bertz CT molecular complexity index is 853. The molecule has 8 heteroatoms. The fourth-order valence-electron chi connectivity index (χ4n) is 3.00. The number of amides is 1. The van der Waals surface area contributed by atoms with Crippen molar-refractivity contribution < 1.29 is 4.79 Å². The first-order valence-electron chi connectivity index (χ1n) is 10.3. The smallest absolute Gasteiger partial charge is 0.251 e. The second kappa shape index (κ2) is 10.5. The van der Waals surface area contributed by atoms with E-state index in [-0.39, 0.29) is 11.9 Å². The van der Waals surface area contributed by atoms with E-state index in [4.69, 9.17) is 16.6 Å². The highest BCUT2D eigenvalue weighted by atomic mass is 35.5. The predicted octanol–water partition coefficient (Wildman–Crippen LogP) is 3.95. The highest BCUT2D eigenvalue weighted by Gasteiger charge is 2.17. The fourth-order valence-corrected chi connectivity index (χ4v) is 4.04. The van der Waals surface area contributed by atoms with Gasteiger partial charge in [0, 0.05) is 49.6 Å². The standard InChI is InChI=1S/C22H30ClN5OS/c1-15(2)16(3)24-21(29)18-7-5-17(6-8-18)14-30-22-25-19(23)13-20(26-22)28-11-9-27(4)10-12-28/h5-8,13,15-16H,9-12,14H2,1-4H3,(H,24,29). The number of anilines is 1. The molecular formula is C22H30ClN5OS. The number of benzene rings is 1. The molecule has 0 spiro atoms. The maximum atomic E-state index is 12.3. The Morgan fingerprint density at radius 2 is 1.80 bits per heavy atom. The van der Waals surface area contributed by atoms with Crippen molar-refractivity contribution in [1.29, 1.82) is 0 Å². The van der Waals surface area contributed by atoms with E-state index in [1.807, 2.05) is 37.3 Å². The van der Waals surface area contributed by atoms with Gasteiger partial charge in [0.05, 0.1) is 0 Å². The van der Waals surface area contributed by atoms with Gasteiger partial charge in [0.2, 0.25) is 0 Å². The molecule has 1 N–H and O–H groups in total. The lowest BCUT2D eigenvalue weighted by molar-refractivity contribution is 0.0930. The zero-order chi connectivity index (χ0) is 21.7. The van der Waals surface area contributed by atoms with Crippen LogP contribution in [0.3, 0.4) is 0 Å². The molecule has 1 fully saturated rings. The lowest BCUT2D eigenvalue weighted by Gasteiger charge is -2.33. The number of hydrogen-bond acceptors (Lipinski definition) is 6. The van der Waals surface area contributed by atoms with Crippen LogP contribution in [0.25, 0.3) is 0 Å². The molecule has 1 atom stereocenters. The number of nitrogens with one attached hydrogen (secondary N) is 1. The second-order valence-corrected chi connectivity index (χ2v) is 9.44. The molecule has 1 saturated heterocycles. The van der Waals surface area contributed by atoms with Gasteiger partial charge in [-0.1, -0.05) is 49.3 Å². The first-order valence-corrected chi connectivity index (χ1v) is 11.7. The third-order valence-corrected chi connectivity index (χ3v) is 6.54. The van der Waals surface area contributed by atoms with E-state index in [9.17, 15) is 4.79 Å². The van der Waals surface area contributed by atoms with Crippen LogP contribution in [0.5, 0.6) is 0 Å². The summed E-state index contributed by atoms with van der Waals surface area (Å²) in [6, 6.07) is 9.67. The van der Waals surface area contributed by atoms with Crippen molar-refractivity contribution in [3.05, 3.63) is 46.6 Å². The monoisotopic (exact) mass is 447 g/mol. The Hall–Kier alpha value is -1.83. The molecule has 1 aromatic heterocycles. The van der Waals surface area contributed by atoms with E-state index in [0.717, 1.165) is 37.6 Å². The fraction of sp³-hybridized carbons (Fsp3) is 0.500. The third-order valence-electron chi connectivity index (χ3n) is 5.43. The molecule has 6 nitrogen and oxygen atoms in total. The topological polar surface area (TPSA) is 61.4 Å². The summed E-state index contributed by atoms with van der Waals surface area (Å²) in [5, 5.41) is 4.17. The number of nitrogens with zero attached hydrogens (tertiary/aromatic N) is 4. The van der Waals surface area contributed by atoms with Gasteiger partial charge in [-0.25, -0.2) is 9.97 Å². The Kier molecular flexibility index (Phi) is 7.97. The first kappa shape index (κ1) is 22.8. The van der Waals surface area contributed by atoms with Crippen LogP contribution in [0.2, 0.25) is 5.15 Å². The largest absolute Gasteiger partial charge is 0.354 e. The number of piperazine rings is 1. The Labute approximate surface area is 188 Å². The average Bonchev–Trinajstić information content (AvgIpc) is 2.72. The van der Waals surface area contributed by atoms with Crippen molar-refractivity contribution in [2.75, 3.05) is 38.1 Å². The van der Waals surface area contributed by atoms with E-state index in [2.05, 4.69) is 41.0 Å². The van der Waals surface area contributed by atoms with Crippen LogP contribution in [0, 0.1) is 5.92 Å². The SMILES string of the molecule is CC(C)C(C)NC(=O)c1ccc(CSc2nc(Cl)cc(N3CCN(C)CC3)n2)cc1. The number of carbonyl (C=O) groups excluding carboxylic acids is 1.